The minimum Gasteiger partial charge on any atom is -0.305 e. The van der Waals surface area contributed by atoms with Gasteiger partial charge < -0.3 is 5.32 Å². The van der Waals surface area contributed by atoms with Gasteiger partial charge in [0.15, 0.2) is 0 Å². The third-order valence-electron chi connectivity index (χ3n) is 4.26. The first kappa shape index (κ1) is 16.4. The Labute approximate surface area is 143 Å². The molecular formula is C20H24N4. The second-order valence-electron chi connectivity index (χ2n) is 6.34. The first-order valence-electron chi connectivity index (χ1n) is 8.39. The van der Waals surface area contributed by atoms with Crippen LogP contribution in [0.25, 0.3) is 5.82 Å². The maximum atomic E-state index is 4.56. The van der Waals surface area contributed by atoms with E-state index in [9.17, 15) is 0 Å². The Morgan fingerprint density at radius 2 is 1.79 bits per heavy atom. The summed E-state index contributed by atoms with van der Waals surface area (Å²) in [7, 11) is 0. The minimum atomic E-state index is 0.308. The van der Waals surface area contributed by atoms with Crippen LogP contribution in [0.5, 0.6) is 0 Å². The van der Waals surface area contributed by atoms with Crippen LogP contribution in [0.3, 0.4) is 0 Å². The Morgan fingerprint density at radius 3 is 2.46 bits per heavy atom. The van der Waals surface area contributed by atoms with E-state index < -0.39 is 0 Å². The van der Waals surface area contributed by atoms with E-state index in [-0.39, 0.29) is 0 Å². The van der Waals surface area contributed by atoms with Crippen molar-refractivity contribution in [3.05, 3.63) is 78.0 Å². The van der Waals surface area contributed by atoms with Crippen molar-refractivity contribution in [1.82, 2.24) is 19.9 Å². The van der Waals surface area contributed by atoms with Crippen molar-refractivity contribution in [3.63, 3.8) is 0 Å². The zero-order chi connectivity index (χ0) is 16.9. The summed E-state index contributed by atoms with van der Waals surface area (Å²) >= 11 is 0. The second-order valence-corrected chi connectivity index (χ2v) is 6.34. The zero-order valence-corrected chi connectivity index (χ0v) is 14.5. The number of hydrogen-bond acceptors (Lipinski definition) is 3. The third-order valence-corrected chi connectivity index (χ3v) is 4.26. The molecule has 1 atom stereocenters. The number of pyridine rings is 1. The summed E-state index contributed by atoms with van der Waals surface area (Å²) in [4.78, 5) is 8.87. The number of aryl methyl sites for hydroxylation is 1. The predicted octanol–water partition coefficient (Wildman–Crippen LogP) is 4.06. The summed E-state index contributed by atoms with van der Waals surface area (Å²) in [6.45, 7) is 7.25. The highest BCUT2D eigenvalue weighted by molar-refractivity contribution is 5.35. The normalized spacial score (nSPS) is 12.5. The molecule has 24 heavy (non-hydrogen) atoms. The number of nitrogens with zero attached hydrogens (tertiary/aromatic N) is 3. The molecule has 3 rings (SSSR count). The van der Waals surface area contributed by atoms with E-state index in [1.54, 1.807) is 0 Å². The molecule has 1 N–H and O–H groups in total. The molecule has 0 amide bonds. The van der Waals surface area contributed by atoms with Gasteiger partial charge in [0.2, 0.25) is 0 Å². The maximum absolute atomic E-state index is 4.56. The largest absolute Gasteiger partial charge is 0.305 e. The zero-order valence-electron chi connectivity index (χ0n) is 14.5. The highest BCUT2D eigenvalue weighted by Crippen LogP contribution is 2.22. The van der Waals surface area contributed by atoms with Gasteiger partial charge in [0.05, 0.1) is 0 Å². The van der Waals surface area contributed by atoms with Gasteiger partial charge in [-0.1, -0.05) is 50.2 Å². The monoisotopic (exact) mass is 320 g/mol. The van der Waals surface area contributed by atoms with Gasteiger partial charge in [0.1, 0.15) is 11.6 Å². The van der Waals surface area contributed by atoms with Gasteiger partial charge in [-0.3, -0.25) is 4.57 Å². The van der Waals surface area contributed by atoms with Crippen molar-refractivity contribution in [2.24, 2.45) is 5.92 Å². The van der Waals surface area contributed by atoms with E-state index >= 15 is 0 Å². The SMILES string of the molecule is Cc1nccn1-c1ncccc1CNC(c1ccccc1)C(C)C. The lowest BCUT2D eigenvalue weighted by atomic mass is 9.96. The molecule has 0 aliphatic heterocycles. The van der Waals surface area contributed by atoms with E-state index in [0.717, 1.165) is 18.2 Å². The summed E-state index contributed by atoms with van der Waals surface area (Å²) in [5.74, 6) is 2.39. The fourth-order valence-corrected chi connectivity index (χ4v) is 3.01. The molecule has 2 heterocycles. The first-order chi connectivity index (χ1) is 11.7. The standard InChI is InChI=1S/C20H24N4/c1-15(2)19(17-8-5-4-6-9-17)23-14-18-10-7-11-22-20(18)24-13-12-21-16(24)3/h4-13,15,19,23H,14H2,1-3H3. The molecule has 0 radical (unpaired) electrons. The lowest BCUT2D eigenvalue weighted by molar-refractivity contribution is 0.410. The fraction of sp³-hybridized carbons (Fsp3) is 0.300. The number of benzene rings is 1. The number of rotatable bonds is 6. The number of nitrogens with one attached hydrogen (secondary N) is 1. The minimum absolute atomic E-state index is 0.308. The molecule has 0 fully saturated rings. The lowest BCUT2D eigenvalue weighted by Gasteiger charge is -2.23. The highest BCUT2D eigenvalue weighted by atomic mass is 15.1. The Bertz CT molecular complexity index is 777. The van der Waals surface area contributed by atoms with Crippen molar-refractivity contribution in [2.75, 3.05) is 0 Å². The molecule has 0 bridgehead atoms. The molecule has 4 nitrogen and oxygen atoms in total. The quantitative estimate of drug-likeness (QED) is 0.744. The smallest absolute Gasteiger partial charge is 0.142 e. The number of hydrogen-bond donors (Lipinski definition) is 1. The summed E-state index contributed by atoms with van der Waals surface area (Å²) in [5.41, 5.74) is 2.48. The molecular weight excluding hydrogens is 296 g/mol. The highest BCUT2D eigenvalue weighted by Gasteiger charge is 2.16. The van der Waals surface area contributed by atoms with Crippen LogP contribution in [-0.4, -0.2) is 14.5 Å². The Balaban J connectivity index is 1.83. The molecule has 1 unspecified atom stereocenters. The van der Waals surface area contributed by atoms with Gasteiger partial charge in [-0.05, 0) is 24.5 Å². The Morgan fingerprint density at radius 1 is 1.00 bits per heavy atom. The van der Waals surface area contributed by atoms with Crippen molar-refractivity contribution in [3.8, 4) is 5.82 Å². The van der Waals surface area contributed by atoms with E-state index in [4.69, 9.17) is 0 Å². The molecule has 0 saturated heterocycles. The average Bonchev–Trinajstić information content (AvgIpc) is 3.02. The topological polar surface area (TPSA) is 42.7 Å². The average molecular weight is 320 g/mol. The Kier molecular flexibility index (Phi) is 5.06. The molecule has 0 aliphatic carbocycles. The van der Waals surface area contributed by atoms with Crippen LogP contribution in [-0.2, 0) is 6.54 Å². The molecule has 3 aromatic rings. The van der Waals surface area contributed by atoms with Crippen LogP contribution in [0.1, 0.15) is 36.8 Å². The van der Waals surface area contributed by atoms with Gasteiger partial charge in [0.25, 0.3) is 0 Å². The van der Waals surface area contributed by atoms with E-state index in [0.29, 0.717) is 12.0 Å². The Hall–Kier alpha value is -2.46. The van der Waals surface area contributed by atoms with Crippen molar-refractivity contribution in [2.45, 2.75) is 33.4 Å². The van der Waals surface area contributed by atoms with Crippen LogP contribution >= 0.6 is 0 Å². The van der Waals surface area contributed by atoms with E-state index in [1.165, 1.54) is 11.1 Å². The lowest BCUT2D eigenvalue weighted by Crippen LogP contribution is -2.26. The maximum Gasteiger partial charge on any atom is 0.142 e. The van der Waals surface area contributed by atoms with Crippen LogP contribution in [0, 0.1) is 12.8 Å². The van der Waals surface area contributed by atoms with Gasteiger partial charge in [-0.2, -0.15) is 0 Å². The summed E-state index contributed by atoms with van der Waals surface area (Å²) in [5, 5.41) is 3.70. The molecule has 124 valence electrons. The van der Waals surface area contributed by atoms with Gasteiger partial charge in [0, 0.05) is 36.7 Å². The van der Waals surface area contributed by atoms with Gasteiger partial charge in [-0.25, -0.2) is 9.97 Å². The van der Waals surface area contributed by atoms with Gasteiger partial charge >= 0.3 is 0 Å². The fourth-order valence-electron chi connectivity index (χ4n) is 3.01. The molecule has 0 saturated carbocycles. The number of imidazole rings is 1. The molecule has 2 aromatic heterocycles. The second kappa shape index (κ2) is 7.41. The van der Waals surface area contributed by atoms with Crippen LogP contribution in [0.2, 0.25) is 0 Å². The first-order valence-corrected chi connectivity index (χ1v) is 8.39. The van der Waals surface area contributed by atoms with Crippen LogP contribution in [0.4, 0.5) is 0 Å². The third kappa shape index (κ3) is 3.54. The molecule has 1 aromatic carbocycles. The molecule has 4 heteroatoms. The summed E-state index contributed by atoms with van der Waals surface area (Å²) in [6.07, 6.45) is 5.59. The van der Waals surface area contributed by atoms with Crippen molar-refractivity contribution < 1.29 is 0 Å². The van der Waals surface area contributed by atoms with Crippen LogP contribution < -0.4 is 5.32 Å². The molecule has 0 spiro atoms. The van der Waals surface area contributed by atoms with Gasteiger partial charge in [-0.15, -0.1) is 0 Å². The summed E-state index contributed by atoms with van der Waals surface area (Å²) in [6, 6.07) is 15.0. The van der Waals surface area contributed by atoms with Crippen molar-refractivity contribution >= 4 is 0 Å². The van der Waals surface area contributed by atoms with E-state index in [1.807, 2.05) is 36.1 Å². The van der Waals surface area contributed by atoms with Crippen molar-refractivity contribution in [1.29, 1.82) is 0 Å². The summed E-state index contributed by atoms with van der Waals surface area (Å²) < 4.78 is 2.03. The van der Waals surface area contributed by atoms with Crippen LogP contribution in [0.15, 0.2) is 61.1 Å². The predicted molar refractivity (Wildman–Crippen MR) is 97.0 cm³/mol. The number of aromatic nitrogens is 3. The van der Waals surface area contributed by atoms with E-state index in [2.05, 4.69) is 65.5 Å². The molecule has 0 aliphatic rings.